The minimum atomic E-state index is -3.52. The van der Waals surface area contributed by atoms with Gasteiger partial charge in [0.05, 0.1) is 11.4 Å². The van der Waals surface area contributed by atoms with Crippen LogP contribution in [-0.2, 0) is 21.4 Å². The Kier molecular flexibility index (Phi) is 8.29. The molecular weight excluding hydrogens is 492 g/mol. The highest BCUT2D eigenvalue weighted by atomic mass is 35.5. The van der Waals surface area contributed by atoms with Crippen LogP contribution in [0.1, 0.15) is 36.5 Å². The van der Waals surface area contributed by atoms with Gasteiger partial charge in [0.1, 0.15) is 0 Å². The number of halogens is 1. The second kappa shape index (κ2) is 11.4. The molecule has 36 heavy (non-hydrogen) atoms. The third-order valence-corrected chi connectivity index (χ3v) is 8.71. The van der Waals surface area contributed by atoms with Gasteiger partial charge in [-0.3, -0.25) is 4.79 Å². The summed E-state index contributed by atoms with van der Waals surface area (Å²) in [5.41, 5.74) is 3.78. The minimum Gasteiger partial charge on any atom is -0.308 e. The molecular formula is C29H31ClN2O3S. The number of amides is 1. The van der Waals surface area contributed by atoms with Crippen LogP contribution in [0.5, 0.6) is 0 Å². The molecule has 0 aliphatic carbocycles. The van der Waals surface area contributed by atoms with E-state index in [1.807, 2.05) is 73.7 Å². The molecule has 0 atom stereocenters. The second-order valence-corrected chi connectivity index (χ2v) is 11.6. The molecule has 3 aromatic carbocycles. The summed E-state index contributed by atoms with van der Waals surface area (Å²) in [6.45, 7) is 4.83. The van der Waals surface area contributed by atoms with Crippen LogP contribution in [0.4, 0.5) is 0 Å². The van der Waals surface area contributed by atoms with Gasteiger partial charge in [-0.1, -0.05) is 77.8 Å². The first kappa shape index (κ1) is 26.1. The van der Waals surface area contributed by atoms with Crippen LogP contribution in [0.3, 0.4) is 0 Å². The van der Waals surface area contributed by atoms with Gasteiger partial charge in [0.25, 0.3) is 0 Å². The number of aryl methyl sites for hydroxylation is 1. The van der Waals surface area contributed by atoms with Crippen LogP contribution in [0, 0.1) is 12.8 Å². The number of carbonyl (C=O) groups excluding carboxylic acids is 1. The van der Waals surface area contributed by atoms with E-state index in [2.05, 4.69) is 6.08 Å². The lowest BCUT2D eigenvalue weighted by molar-refractivity contribution is -0.126. The lowest BCUT2D eigenvalue weighted by atomic mass is 9.94. The van der Waals surface area contributed by atoms with Crippen molar-refractivity contribution in [3.63, 3.8) is 0 Å². The predicted molar refractivity (Wildman–Crippen MR) is 145 cm³/mol. The van der Waals surface area contributed by atoms with Crippen molar-refractivity contribution < 1.29 is 13.2 Å². The zero-order valence-corrected chi connectivity index (χ0v) is 22.2. The SMILES string of the molecule is CC(=O)N(Cc1ccccc1)/C(=C/C1CCN(S(=O)(=O)c2ccc(C)cc2)CC1)c1ccc(Cl)cc1. The van der Waals surface area contributed by atoms with Crippen LogP contribution in [0.2, 0.25) is 5.02 Å². The molecule has 1 heterocycles. The molecule has 7 heteroatoms. The van der Waals surface area contributed by atoms with E-state index in [-0.39, 0.29) is 11.8 Å². The van der Waals surface area contributed by atoms with Gasteiger partial charge in [-0.05, 0) is 61.1 Å². The molecule has 0 radical (unpaired) electrons. The maximum absolute atomic E-state index is 13.1. The normalized spacial score (nSPS) is 15.6. The van der Waals surface area contributed by atoms with E-state index in [9.17, 15) is 13.2 Å². The van der Waals surface area contributed by atoms with Crippen LogP contribution in [-0.4, -0.2) is 36.6 Å². The number of rotatable bonds is 7. The highest BCUT2D eigenvalue weighted by molar-refractivity contribution is 7.89. The van der Waals surface area contributed by atoms with E-state index < -0.39 is 10.0 Å². The highest BCUT2D eigenvalue weighted by Gasteiger charge is 2.29. The van der Waals surface area contributed by atoms with Gasteiger partial charge in [-0.15, -0.1) is 0 Å². The maximum Gasteiger partial charge on any atom is 0.243 e. The Bertz CT molecular complexity index is 1310. The first-order chi connectivity index (χ1) is 17.2. The third-order valence-electron chi connectivity index (χ3n) is 6.55. The summed E-state index contributed by atoms with van der Waals surface area (Å²) < 4.78 is 27.8. The maximum atomic E-state index is 13.1. The Balaban J connectivity index is 1.58. The zero-order chi connectivity index (χ0) is 25.7. The van der Waals surface area contributed by atoms with Crippen LogP contribution in [0.25, 0.3) is 5.70 Å². The zero-order valence-electron chi connectivity index (χ0n) is 20.6. The number of piperidine rings is 1. The number of benzene rings is 3. The number of nitrogens with zero attached hydrogens (tertiary/aromatic N) is 2. The molecule has 0 N–H and O–H groups in total. The minimum absolute atomic E-state index is 0.0561. The van der Waals surface area contributed by atoms with Gasteiger partial charge in [0.2, 0.25) is 15.9 Å². The third kappa shape index (κ3) is 6.25. The first-order valence-electron chi connectivity index (χ1n) is 12.1. The van der Waals surface area contributed by atoms with Crippen molar-refractivity contribution in [3.8, 4) is 0 Å². The van der Waals surface area contributed by atoms with Gasteiger partial charge in [-0.25, -0.2) is 8.42 Å². The van der Waals surface area contributed by atoms with Crippen molar-refractivity contribution in [2.24, 2.45) is 5.92 Å². The fourth-order valence-electron chi connectivity index (χ4n) is 4.46. The number of hydrogen-bond donors (Lipinski definition) is 0. The second-order valence-electron chi connectivity index (χ2n) is 9.20. The Labute approximate surface area is 219 Å². The molecule has 0 spiro atoms. The van der Waals surface area contributed by atoms with Gasteiger partial charge in [0, 0.05) is 30.7 Å². The Morgan fingerprint density at radius 2 is 1.58 bits per heavy atom. The molecule has 1 aliphatic rings. The number of sulfonamides is 1. The van der Waals surface area contributed by atoms with E-state index in [4.69, 9.17) is 11.6 Å². The monoisotopic (exact) mass is 522 g/mol. The molecule has 188 valence electrons. The standard InChI is InChI=1S/C29H31ClN2O3S/c1-22-8-14-28(15-9-22)36(34,35)31-18-16-24(17-19-31)20-29(26-10-12-27(30)13-11-26)32(23(2)33)21-25-6-4-3-5-7-25/h3-15,20,24H,16-19,21H2,1-2H3/b29-20+. The number of carbonyl (C=O) groups is 1. The smallest absolute Gasteiger partial charge is 0.243 e. The molecule has 1 fully saturated rings. The van der Waals surface area contributed by atoms with Crippen molar-refractivity contribution in [1.29, 1.82) is 0 Å². The molecule has 0 saturated carbocycles. The van der Waals surface area contributed by atoms with E-state index in [0.29, 0.717) is 42.4 Å². The fourth-order valence-corrected chi connectivity index (χ4v) is 6.06. The summed E-state index contributed by atoms with van der Waals surface area (Å²) in [7, 11) is -3.52. The molecule has 4 rings (SSSR count). The number of allylic oxidation sites excluding steroid dienone is 1. The highest BCUT2D eigenvalue weighted by Crippen LogP contribution is 2.30. The van der Waals surface area contributed by atoms with Gasteiger partial charge in [-0.2, -0.15) is 4.31 Å². The summed E-state index contributed by atoms with van der Waals surface area (Å²) in [6, 6.07) is 24.4. The summed E-state index contributed by atoms with van der Waals surface area (Å²) in [4.78, 5) is 14.9. The van der Waals surface area contributed by atoms with Crippen molar-refractivity contribution in [1.82, 2.24) is 9.21 Å². The summed E-state index contributed by atoms with van der Waals surface area (Å²) >= 11 is 6.14. The van der Waals surface area contributed by atoms with Crippen molar-refractivity contribution in [2.45, 2.75) is 38.1 Å². The van der Waals surface area contributed by atoms with Crippen molar-refractivity contribution in [2.75, 3.05) is 13.1 Å². The lowest BCUT2D eigenvalue weighted by Crippen LogP contribution is -2.38. The fraction of sp³-hybridized carbons (Fsp3) is 0.276. The number of hydrogen-bond acceptors (Lipinski definition) is 3. The molecule has 5 nitrogen and oxygen atoms in total. The topological polar surface area (TPSA) is 57.7 Å². The molecule has 0 aromatic heterocycles. The molecule has 0 unspecified atom stereocenters. The van der Waals surface area contributed by atoms with Crippen LogP contribution in [0.15, 0.2) is 89.8 Å². The van der Waals surface area contributed by atoms with Gasteiger partial charge < -0.3 is 4.90 Å². The van der Waals surface area contributed by atoms with Crippen LogP contribution < -0.4 is 0 Å². The molecule has 1 aliphatic heterocycles. The van der Waals surface area contributed by atoms with Crippen molar-refractivity contribution in [3.05, 3.63) is 107 Å². The van der Waals surface area contributed by atoms with E-state index in [0.717, 1.165) is 22.4 Å². The van der Waals surface area contributed by atoms with E-state index in [1.165, 1.54) is 0 Å². The van der Waals surface area contributed by atoms with Crippen LogP contribution >= 0.6 is 11.6 Å². The average Bonchev–Trinajstić information content (AvgIpc) is 2.88. The Morgan fingerprint density at radius 3 is 2.17 bits per heavy atom. The molecule has 1 saturated heterocycles. The quantitative estimate of drug-likeness (QED) is 0.374. The predicted octanol–water partition coefficient (Wildman–Crippen LogP) is 6.14. The largest absolute Gasteiger partial charge is 0.308 e. The first-order valence-corrected chi connectivity index (χ1v) is 13.9. The summed E-state index contributed by atoms with van der Waals surface area (Å²) in [6.07, 6.45) is 3.49. The molecule has 3 aromatic rings. The van der Waals surface area contributed by atoms with Gasteiger partial charge >= 0.3 is 0 Å². The average molecular weight is 523 g/mol. The van der Waals surface area contributed by atoms with E-state index in [1.54, 1.807) is 28.3 Å². The summed E-state index contributed by atoms with van der Waals surface area (Å²) in [5.74, 6) is 0.0807. The molecule has 1 amide bonds. The van der Waals surface area contributed by atoms with E-state index >= 15 is 0 Å². The Hall–Kier alpha value is -2.93. The summed E-state index contributed by atoms with van der Waals surface area (Å²) in [5, 5.41) is 0.630. The molecule has 0 bridgehead atoms. The lowest BCUT2D eigenvalue weighted by Gasteiger charge is -2.32. The Morgan fingerprint density at radius 1 is 0.972 bits per heavy atom. The van der Waals surface area contributed by atoms with Crippen molar-refractivity contribution >= 4 is 33.2 Å². The van der Waals surface area contributed by atoms with Gasteiger partial charge in [0.15, 0.2) is 0 Å².